The highest BCUT2D eigenvalue weighted by Crippen LogP contribution is 2.19. The molecule has 4 nitrogen and oxygen atoms in total. The van der Waals surface area contributed by atoms with Crippen molar-refractivity contribution in [2.45, 2.75) is 26.2 Å². The lowest BCUT2D eigenvalue weighted by molar-refractivity contribution is -0.142. The number of hydrogen-bond acceptors (Lipinski definition) is 4. The second kappa shape index (κ2) is 6.00. The van der Waals surface area contributed by atoms with Crippen LogP contribution in [0.1, 0.15) is 25.3 Å². The molecule has 16 heavy (non-hydrogen) atoms. The molecule has 0 unspecified atom stereocenters. The van der Waals surface area contributed by atoms with Crippen LogP contribution in [-0.4, -0.2) is 12.6 Å². The Bertz CT molecular complexity index is 364. The van der Waals surface area contributed by atoms with E-state index >= 15 is 0 Å². The maximum Gasteiger partial charge on any atom is 0.310 e. The number of carbonyl (C=O) groups is 1. The number of carbonyl (C=O) groups excluding carboxylic acids is 1. The van der Waals surface area contributed by atoms with Gasteiger partial charge in [-0.2, -0.15) is 0 Å². The van der Waals surface area contributed by atoms with Gasteiger partial charge in [0.25, 0.3) is 0 Å². The molecular formula is C12H18N2O2. The summed E-state index contributed by atoms with van der Waals surface area (Å²) in [5, 5.41) is 0. The van der Waals surface area contributed by atoms with Crippen molar-refractivity contribution in [2.75, 3.05) is 18.1 Å². The first-order valence-corrected chi connectivity index (χ1v) is 5.43. The number of benzene rings is 1. The van der Waals surface area contributed by atoms with Crippen molar-refractivity contribution in [1.29, 1.82) is 0 Å². The van der Waals surface area contributed by atoms with Gasteiger partial charge in [0.15, 0.2) is 0 Å². The molecule has 0 saturated carbocycles. The SMILES string of the molecule is CCCCOC(=O)Cc1cccc(N)c1N. The smallest absolute Gasteiger partial charge is 0.310 e. The fourth-order valence-corrected chi connectivity index (χ4v) is 1.32. The van der Waals surface area contributed by atoms with Gasteiger partial charge in [0.05, 0.1) is 24.4 Å². The van der Waals surface area contributed by atoms with E-state index in [9.17, 15) is 4.79 Å². The Balaban J connectivity index is 2.53. The number of nitrogens with two attached hydrogens (primary N) is 2. The van der Waals surface area contributed by atoms with E-state index in [1.807, 2.05) is 6.92 Å². The number of hydrogen-bond donors (Lipinski definition) is 2. The van der Waals surface area contributed by atoms with Gasteiger partial charge in [0, 0.05) is 0 Å². The molecule has 88 valence electrons. The zero-order valence-electron chi connectivity index (χ0n) is 9.53. The standard InChI is InChI=1S/C12H18N2O2/c1-2-3-7-16-11(15)8-9-5-4-6-10(13)12(9)14/h4-6H,2-3,7-8,13-14H2,1H3. The summed E-state index contributed by atoms with van der Waals surface area (Å²) in [7, 11) is 0. The Labute approximate surface area is 95.6 Å². The molecular weight excluding hydrogens is 204 g/mol. The molecule has 0 aliphatic carbocycles. The third kappa shape index (κ3) is 3.46. The average molecular weight is 222 g/mol. The van der Waals surface area contributed by atoms with Gasteiger partial charge < -0.3 is 16.2 Å². The highest BCUT2D eigenvalue weighted by Gasteiger charge is 2.08. The van der Waals surface area contributed by atoms with E-state index in [4.69, 9.17) is 16.2 Å². The Morgan fingerprint density at radius 3 is 2.81 bits per heavy atom. The molecule has 1 aromatic rings. The Morgan fingerprint density at radius 1 is 1.38 bits per heavy atom. The molecule has 1 aromatic carbocycles. The van der Waals surface area contributed by atoms with Crippen LogP contribution in [0.3, 0.4) is 0 Å². The molecule has 0 aromatic heterocycles. The van der Waals surface area contributed by atoms with E-state index in [-0.39, 0.29) is 12.4 Å². The Morgan fingerprint density at radius 2 is 2.12 bits per heavy atom. The predicted octanol–water partition coefficient (Wildman–Crippen LogP) is 1.74. The van der Waals surface area contributed by atoms with Gasteiger partial charge in [-0.15, -0.1) is 0 Å². The molecule has 4 N–H and O–H groups in total. The highest BCUT2D eigenvalue weighted by atomic mass is 16.5. The van der Waals surface area contributed by atoms with E-state index in [1.54, 1.807) is 18.2 Å². The maximum atomic E-state index is 11.4. The number of unbranched alkanes of at least 4 members (excludes halogenated alkanes) is 1. The molecule has 0 fully saturated rings. The van der Waals surface area contributed by atoms with Gasteiger partial charge >= 0.3 is 5.97 Å². The van der Waals surface area contributed by atoms with Crippen molar-refractivity contribution in [3.05, 3.63) is 23.8 Å². The van der Waals surface area contributed by atoms with Crippen LogP contribution in [0.2, 0.25) is 0 Å². The van der Waals surface area contributed by atoms with Crippen LogP contribution in [0, 0.1) is 0 Å². The van der Waals surface area contributed by atoms with Crippen molar-refractivity contribution in [1.82, 2.24) is 0 Å². The van der Waals surface area contributed by atoms with Gasteiger partial charge in [-0.3, -0.25) is 4.79 Å². The normalized spacial score (nSPS) is 10.1. The quantitative estimate of drug-likeness (QED) is 0.452. The van der Waals surface area contributed by atoms with E-state index in [1.165, 1.54) is 0 Å². The van der Waals surface area contributed by atoms with Crippen molar-refractivity contribution >= 4 is 17.3 Å². The topological polar surface area (TPSA) is 78.3 Å². The molecule has 0 spiro atoms. The van der Waals surface area contributed by atoms with Gasteiger partial charge in [-0.05, 0) is 18.1 Å². The number of para-hydroxylation sites is 1. The number of rotatable bonds is 5. The molecule has 0 saturated heterocycles. The van der Waals surface area contributed by atoms with E-state index in [2.05, 4.69) is 0 Å². The zero-order valence-corrected chi connectivity index (χ0v) is 9.53. The molecule has 0 amide bonds. The van der Waals surface area contributed by atoms with Crippen LogP contribution < -0.4 is 11.5 Å². The lowest BCUT2D eigenvalue weighted by Crippen LogP contribution is -2.11. The van der Waals surface area contributed by atoms with E-state index in [0.717, 1.165) is 18.4 Å². The molecule has 0 radical (unpaired) electrons. The van der Waals surface area contributed by atoms with Crippen molar-refractivity contribution < 1.29 is 9.53 Å². The summed E-state index contributed by atoms with van der Waals surface area (Å²) in [6.45, 7) is 2.52. The minimum absolute atomic E-state index is 0.181. The molecule has 4 heteroatoms. The van der Waals surface area contributed by atoms with E-state index in [0.29, 0.717) is 18.0 Å². The summed E-state index contributed by atoms with van der Waals surface area (Å²) in [4.78, 5) is 11.4. The Kier molecular flexibility index (Phi) is 4.64. The molecule has 0 atom stereocenters. The lowest BCUT2D eigenvalue weighted by atomic mass is 10.1. The summed E-state index contributed by atoms with van der Waals surface area (Å²) in [5.74, 6) is -0.259. The van der Waals surface area contributed by atoms with Crippen LogP contribution in [0.15, 0.2) is 18.2 Å². The van der Waals surface area contributed by atoms with Crippen LogP contribution >= 0.6 is 0 Å². The molecule has 0 aliphatic rings. The third-order valence-corrected chi connectivity index (χ3v) is 2.33. The van der Waals surface area contributed by atoms with Crippen molar-refractivity contribution in [3.63, 3.8) is 0 Å². The second-order valence-corrected chi connectivity index (χ2v) is 3.67. The number of esters is 1. The Hall–Kier alpha value is -1.71. The molecule has 0 heterocycles. The van der Waals surface area contributed by atoms with Crippen LogP contribution in [0.4, 0.5) is 11.4 Å². The van der Waals surface area contributed by atoms with Gasteiger partial charge in [0.2, 0.25) is 0 Å². The minimum atomic E-state index is -0.259. The van der Waals surface area contributed by atoms with Gasteiger partial charge in [0.1, 0.15) is 0 Å². The summed E-state index contributed by atoms with van der Waals surface area (Å²) in [5.41, 5.74) is 13.1. The first-order valence-electron chi connectivity index (χ1n) is 5.43. The summed E-state index contributed by atoms with van der Waals surface area (Å²) >= 11 is 0. The van der Waals surface area contributed by atoms with Crippen LogP contribution in [0.25, 0.3) is 0 Å². The maximum absolute atomic E-state index is 11.4. The first kappa shape index (κ1) is 12.4. The summed E-state index contributed by atoms with van der Waals surface area (Å²) < 4.78 is 5.05. The molecule has 1 rings (SSSR count). The average Bonchev–Trinajstić information content (AvgIpc) is 2.25. The van der Waals surface area contributed by atoms with Gasteiger partial charge in [-0.25, -0.2) is 0 Å². The minimum Gasteiger partial charge on any atom is -0.465 e. The predicted molar refractivity (Wildman–Crippen MR) is 64.8 cm³/mol. The van der Waals surface area contributed by atoms with Crippen molar-refractivity contribution in [3.8, 4) is 0 Å². The van der Waals surface area contributed by atoms with Crippen LogP contribution in [0.5, 0.6) is 0 Å². The largest absolute Gasteiger partial charge is 0.465 e. The van der Waals surface area contributed by atoms with Crippen molar-refractivity contribution in [2.24, 2.45) is 0 Å². The number of nitrogen functional groups attached to an aromatic ring is 2. The first-order chi connectivity index (χ1) is 7.65. The van der Waals surface area contributed by atoms with Gasteiger partial charge in [-0.1, -0.05) is 25.5 Å². The second-order valence-electron chi connectivity index (χ2n) is 3.67. The summed E-state index contributed by atoms with van der Waals surface area (Å²) in [6.07, 6.45) is 2.08. The van der Waals surface area contributed by atoms with Crippen LogP contribution in [-0.2, 0) is 16.0 Å². The summed E-state index contributed by atoms with van der Waals surface area (Å²) in [6, 6.07) is 5.27. The lowest BCUT2D eigenvalue weighted by Gasteiger charge is -2.08. The molecule has 0 aliphatic heterocycles. The third-order valence-electron chi connectivity index (χ3n) is 2.33. The zero-order chi connectivity index (χ0) is 12.0. The fourth-order valence-electron chi connectivity index (χ4n) is 1.32. The highest BCUT2D eigenvalue weighted by molar-refractivity contribution is 5.78. The number of ether oxygens (including phenoxy) is 1. The molecule has 0 bridgehead atoms. The monoisotopic (exact) mass is 222 g/mol. The fraction of sp³-hybridized carbons (Fsp3) is 0.417. The number of anilines is 2. The van der Waals surface area contributed by atoms with E-state index < -0.39 is 0 Å².